The zero-order valence-corrected chi connectivity index (χ0v) is 70.3. The quantitative estimate of drug-likeness (QED) is 0.151. The number of rotatable bonds is 8. The maximum atomic E-state index is 20.9. The third-order valence-electron chi connectivity index (χ3n) is 28.6. The van der Waals surface area contributed by atoms with Crippen LogP contribution >= 0.6 is 0 Å². The third kappa shape index (κ3) is 9.15. The van der Waals surface area contributed by atoms with Crippen molar-refractivity contribution in [1.29, 1.82) is 0 Å². The lowest BCUT2D eigenvalue weighted by Gasteiger charge is -2.39. The van der Waals surface area contributed by atoms with Crippen molar-refractivity contribution in [2.24, 2.45) is 0 Å². The van der Waals surface area contributed by atoms with Gasteiger partial charge >= 0.3 is 0 Å². The molecule has 10 heterocycles. The largest absolute Gasteiger partial charge is 0.456 e. The summed E-state index contributed by atoms with van der Waals surface area (Å²) in [4.78, 5) is 3.03. The van der Waals surface area contributed by atoms with Crippen molar-refractivity contribution in [2.45, 2.75) is 19.6 Å². The van der Waals surface area contributed by atoms with Gasteiger partial charge in [0, 0.05) is 160 Å². The van der Waals surface area contributed by atoms with E-state index in [1.54, 1.807) is 0 Å². The highest BCUT2D eigenvalue weighted by atomic mass is 32.3. The Morgan fingerprint density at radius 1 is 0.162 bits per heavy atom. The summed E-state index contributed by atoms with van der Waals surface area (Å²) in [6, 6.07) is 149. The van der Waals surface area contributed by atoms with Crippen molar-refractivity contribution in [3.05, 3.63) is 413 Å². The lowest BCUT2D eigenvalue weighted by atomic mass is 9.89. The minimum absolute atomic E-state index is 0.756. The first-order valence-corrected chi connectivity index (χ1v) is 46.3. The molecule has 0 atom stereocenters. The summed E-state index contributed by atoms with van der Waals surface area (Å²) in [5.74, 6) is 0. The van der Waals surface area contributed by atoms with Gasteiger partial charge in [-0.05, 0) is 214 Å². The molecular formula is C120H68N4O5S. The number of hydrogen-bond acceptors (Lipinski definition) is 5. The molecule has 0 fully saturated rings. The van der Waals surface area contributed by atoms with E-state index in [9.17, 15) is 0 Å². The topological polar surface area (TPSA) is 89.4 Å². The van der Waals surface area contributed by atoms with Crippen LogP contribution in [0.15, 0.2) is 450 Å². The van der Waals surface area contributed by atoms with Gasteiger partial charge in [-0.3, -0.25) is 4.21 Å². The average Bonchev–Trinajstić information content (AvgIpc) is 1.46. The average molecular weight is 1680 g/mol. The van der Waals surface area contributed by atoms with E-state index in [1.807, 2.05) is 24.3 Å². The highest BCUT2D eigenvalue weighted by Crippen LogP contribution is 2.75. The van der Waals surface area contributed by atoms with Crippen LogP contribution in [0.1, 0.15) is 0 Å². The Balaban J connectivity index is 0.694. The summed E-state index contributed by atoms with van der Waals surface area (Å²) in [6.45, 7) is 0. The molecule has 2 aliphatic rings. The van der Waals surface area contributed by atoms with E-state index in [2.05, 4.69) is 407 Å². The second-order valence-electron chi connectivity index (χ2n) is 35.1. The number of furan rings is 4. The molecule has 0 radical (unpaired) electrons. The lowest BCUT2D eigenvalue weighted by molar-refractivity contribution is 0.658. The Hall–Kier alpha value is -17.1. The number of nitrogens with zero attached hydrogens (tertiary/aromatic N) is 4. The zero-order valence-electron chi connectivity index (χ0n) is 69.5. The van der Waals surface area contributed by atoms with E-state index in [1.165, 1.54) is 0 Å². The van der Waals surface area contributed by atoms with Crippen LogP contribution in [0.25, 0.3) is 264 Å². The highest BCUT2D eigenvalue weighted by molar-refractivity contribution is 8.21. The monoisotopic (exact) mass is 1680 g/mol. The van der Waals surface area contributed by atoms with Gasteiger partial charge in [0.2, 0.25) is 0 Å². The van der Waals surface area contributed by atoms with E-state index >= 15 is 4.21 Å². The molecular weight excluding hydrogens is 1610 g/mol. The molecule has 604 valence electrons. The lowest BCUT2D eigenvalue weighted by Crippen LogP contribution is -2.30. The molecule has 8 aromatic heterocycles. The van der Waals surface area contributed by atoms with Crippen LogP contribution < -0.4 is 0 Å². The molecule has 9 nitrogen and oxygen atoms in total. The van der Waals surface area contributed by atoms with Crippen LogP contribution in [0.2, 0.25) is 0 Å². The van der Waals surface area contributed by atoms with Crippen molar-refractivity contribution >= 4 is 184 Å². The number of aromatic nitrogens is 4. The van der Waals surface area contributed by atoms with Gasteiger partial charge in [0.1, 0.15) is 44.7 Å². The normalized spacial score (nSPS) is 13.7. The Morgan fingerprint density at radius 3 is 0.623 bits per heavy atom. The molecule has 0 saturated heterocycles. The molecule has 0 N–H and O–H groups in total. The second kappa shape index (κ2) is 25.4. The van der Waals surface area contributed by atoms with Crippen LogP contribution in [0.4, 0.5) is 0 Å². The van der Waals surface area contributed by atoms with E-state index in [-0.39, 0.29) is 0 Å². The summed E-state index contributed by atoms with van der Waals surface area (Å²) >= 11 is 0. The van der Waals surface area contributed by atoms with E-state index in [0.717, 1.165) is 284 Å². The summed E-state index contributed by atoms with van der Waals surface area (Å²) in [7, 11) is -4.97. The fourth-order valence-electron chi connectivity index (χ4n) is 23.2. The SMILES string of the molecule is O=S12(c3cccc(-c4cccc(-n5c6ccccc6c6cc7oc8ccccc8c7cc65)c4)c3-c3c(-c4cccc(-n5c6ccccc6c6cc7oc8ccccc8c7cc65)c4)cccc31)c1cccc(-c3cccc(-n4c5ccccc5c5cc6oc7ccccc7c6cc54)c3)c1-c1c(-c3cccc(-n4c5ccccc5c5cc6oc7ccccc7c6cc54)c3)cccc12. The summed E-state index contributed by atoms with van der Waals surface area (Å²) in [5.41, 5.74) is 30.8. The van der Waals surface area contributed by atoms with Gasteiger partial charge in [0.15, 0.2) is 0 Å². The van der Waals surface area contributed by atoms with Gasteiger partial charge < -0.3 is 35.9 Å². The van der Waals surface area contributed by atoms with Crippen molar-refractivity contribution < 1.29 is 21.9 Å². The smallest absolute Gasteiger partial charge is 0.136 e. The Kier molecular flexibility index (Phi) is 13.7. The van der Waals surface area contributed by atoms with Crippen molar-refractivity contribution in [3.8, 4) is 89.5 Å². The molecule has 1 spiro atoms. The molecule has 0 saturated carbocycles. The van der Waals surface area contributed by atoms with Gasteiger partial charge in [-0.15, -0.1) is 0 Å². The molecule has 30 rings (SSSR count). The minimum atomic E-state index is -4.97. The molecule has 10 heteroatoms. The molecule has 0 aliphatic carbocycles. The van der Waals surface area contributed by atoms with Crippen molar-refractivity contribution in [1.82, 2.24) is 18.3 Å². The predicted octanol–water partition coefficient (Wildman–Crippen LogP) is 32.7. The first-order chi connectivity index (χ1) is 64.3. The predicted molar refractivity (Wildman–Crippen MR) is 533 cm³/mol. The molecule has 0 bridgehead atoms. The second-order valence-corrected chi connectivity index (χ2v) is 38.8. The number of benzene rings is 20. The number of hydrogen-bond donors (Lipinski definition) is 0. The van der Waals surface area contributed by atoms with Crippen LogP contribution in [0.3, 0.4) is 0 Å². The summed E-state index contributed by atoms with van der Waals surface area (Å²) in [5, 5.41) is 17.4. The van der Waals surface area contributed by atoms with Gasteiger partial charge in [-0.25, -0.2) is 0 Å². The van der Waals surface area contributed by atoms with Gasteiger partial charge in [0.25, 0.3) is 0 Å². The van der Waals surface area contributed by atoms with Crippen LogP contribution in [-0.4, -0.2) is 22.5 Å². The van der Waals surface area contributed by atoms with E-state index in [4.69, 9.17) is 17.7 Å². The molecule has 0 unspecified atom stereocenters. The molecule has 130 heavy (non-hydrogen) atoms. The minimum Gasteiger partial charge on any atom is -0.456 e. The van der Waals surface area contributed by atoms with E-state index < -0.39 is 9.07 Å². The third-order valence-corrected chi connectivity index (χ3v) is 33.3. The fourth-order valence-corrected chi connectivity index (χ4v) is 28.4. The highest BCUT2D eigenvalue weighted by Gasteiger charge is 2.59. The Labute approximate surface area is 740 Å². The van der Waals surface area contributed by atoms with Gasteiger partial charge in [-0.2, -0.15) is 0 Å². The first-order valence-electron chi connectivity index (χ1n) is 44.3. The Bertz CT molecular complexity index is 8940. The van der Waals surface area contributed by atoms with Gasteiger partial charge in [-0.1, -0.05) is 243 Å². The fraction of sp³-hybridized carbons (Fsp3) is 0. The number of para-hydroxylation sites is 8. The summed E-state index contributed by atoms with van der Waals surface area (Å²) in [6.07, 6.45) is 0. The molecule has 2 aliphatic heterocycles. The van der Waals surface area contributed by atoms with Crippen LogP contribution in [0.5, 0.6) is 0 Å². The first kappa shape index (κ1) is 70.3. The standard InChI is InChI=1S/C120H68N4O5S/c125-130(113-53-21-41-77(69-25-17-29-73(57-69)121-97-45-9-1-33-81(97)89-65-109-93(61-101(89)121)85-37-5-13-49-105(85)126-109)117(113)118-78(42-22-54-114(118)130)70-26-18-30-74(58-70)122-98-46-10-2-34-82(98)90-66-110-94(62-102(90)122)86-38-6-14-50-106(86)127-110)115-55-23-43-79(71-27-19-31-75(59-71)123-99-47-11-3-35-83(99)91-67-111-95(63-103(91)123)87-39-7-15-51-107(87)128-111)119(115)120-80(44-24-56-116(120)130)72-28-20-32-76(60-72)124-100-48-12-4-36-84(100)92-68-112-96(64-104(92)124)88-40-8-16-52-108(88)129-112/h1-68H. The maximum absolute atomic E-state index is 20.9. The zero-order chi connectivity index (χ0) is 84.7. The van der Waals surface area contributed by atoms with Crippen molar-refractivity contribution in [3.63, 3.8) is 0 Å². The van der Waals surface area contributed by atoms with Crippen molar-refractivity contribution in [2.75, 3.05) is 0 Å². The Morgan fingerprint density at radius 2 is 0.377 bits per heavy atom. The maximum Gasteiger partial charge on any atom is 0.136 e. The van der Waals surface area contributed by atoms with E-state index in [0.29, 0.717) is 0 Å². The molecule has 28 aromatic rings. The molecule has 20 aromatic carbocycles. The summed E-state index contributed by atoms with van der Waals surface area (Å²) < 4.78 is 57.0. The number of fused-ring (bicyclic) bond motifs is 34. The van der Waals surface area contributed by atoms with Crippen LogP contribution in [-0.2, 0) is 9.07 Å². The molecule has 0 amide bonds. The van der Waals surface area contributed by atoms with Crippen LogP contribution in [0, 0.1) is 0 Å². The van der Waals surface area contributed by atoms with Gasteiger partial charge in [0.05, 0.1) is 44.1 Å².